The number of hydrogen-bond acceptors (Lipinski definition) is 7. The fourth-order valence-corrected chi connectivity index (χ4v) is 5.10. The standard InChI is InChI=1S/C27H33N3O6/c1-34-10-11-35-22-13-27(14-22)26(33)29-23-12-19(6-7-24(23)36-27)25(32)28-15-21(31)17-30-9-8-18-4-2-3-5-20(18)16-30/h2-7,12,21-22,31H,8-11,13-17H2,1H3,(H,28,32)(H,29,33)/t21-,22?,27?/m0/s1. The first kappa shape index (κ1) is 24.7. The van der Waals surface area contributed by atoms with Crippen LogP contribution in [-0.2, 0) is 27.2 Å². The second-order valence-corrected chi connectivity index (χ2v) is 9.77. The highest BCUT2D eigenvalue weighted by Crippen LogP contribution is 2.45. The van der Waals surface area contributed by atoms with Crippen LogP contribution >= 0.6 is 0 Å². The average molecular weight is 496 g/mol. The lowest BCUT2D eigenvalue weighted by Crippen LogP contribution is -2.61. The molecule has 1 saturated carbocycles. The van der Waals surface area contributed by atoms with Crippen LogP contribution in [0.1, 0.15) is 34.3 Å². The van der Waals surface area contributed by atoms with Gasteiger partial charge >= 0.3 is 0 Å². The first-order valence-electron chi connectivity index (χ1n) is 12.5. The van der Waals surface area contributed by atoms with Gasteiger partial charge in [-0.15, -0.1) is 0 Å². The highest BCUT2D eigenvalue weighted by atomic mass is 16.5. The summed E-state index contributed by atoms with van der Waals surface area (Å²) in [5.41, 5.74) is 2.58. The van der Waals surface area contributed by atoms with Gasteiger partial charge in [0.2, 0.25) is 0 Å². The Bertz CT molecular complexity index is 1120. The number of carbonyl (C=O) groups excluding carboxylic acids is 2. The molecule has 192 valence electrons. The Kier molecular flexibility index (Phi) is 7.25. The molecule has 2 aromatic carbocycles. The van der Waals surface area contributed by atoms with E-state index in [0.717, 1.165) is 19.5 Å². The number of fused-ring (bicyclic) bond motifs is 2. The lowest BCUT2D eigenvalue weighted by Gasteiger charge is -2.47. The van der Waals surface area contributed by atoms with Crippen molar-refractivity contribution in [2.24, 2.45) is 0 Å². The molecule has 0 aromatic heterocycles. The van der Waals surface area contributed by atoms with Crippen LogP contribution in [0, 0.1) is 0 Å². The van der Waals surface area contributed by atoms with Crippen molar-refractivity contribution in [3.8, 4) is 5.75 Å². The Hall–Kier alpha value is -2.98. The molecule has 2 aliphatic heterocycles. The average Bonchev–Trinajstić information content (AvgIpc) is 2.86. The second kappa shape index (κ2) is 10.6. The number of nitrogens with zero attached hydrogens (tertiary/aromatic N) is 1. The maximum absolute atomic E-state index is 12.7. The highest BCUT2D eigenvalue weighted by molar-refractivity contribution is 6.03. The van der Waals surface area contributed by atoms with Gasteiger partial charge in [0.05, 0.1) is 31.1 Å². The van der Waals surface area contributed by atoms with Crippen LogP contribution in [0.15, 0.2) is 42.5 Å². The van der Waals surface area contributed by atoms with Crippen LogP contribution in [0.2, 0.25) is 0 Å². The van der Waals surface area contributed by atoms with Crippen molar-refractivity contribution in [3.05, 3.63) is 59.2 Å². The normalized spacial score (nSPS) is 23.6. The fraction of sp³-hybridized carbons (Fsp3) is 0.481. The van der Waals surface area contributed by atoms with Crippen molar-refractivity contribution in [1.29, 1.82) is 0 Å². The van der Waals surface area contributed by atoms with Crippen LogP contribution in [0.4, 0.5) is 5.69 Å². The highest BCUT2D eigenvalue weighted by Gasteiger charge is 2.55. The number of aliphatic hydroxyl groups excluding tert-OH is 1. The molecule has 1 fully saturated rings. The summed E-state index contributed by atoms with van der Waals surface area (Å²) >= 11 is 0. The van der Waals surface area contributed by atoms with E-state index in [1.165, 1.54) is 11.1 Å². The number of benzene rings is 2. The first-order valence-corrected chi connectivity index (χ1v) is 12.5. The Morgan fingerprint density at radius 2 is 2.06 bits per heavy atom. The minimum absolute atomic E-state index is 0.0383. The van der Waals surface area contributed by atoms with Crippen molar-refractivity contribution in [2.45, 2.75) is 43.6 Å². The molecule has 9 nitrogen and oxygen atoms in total. The Labute approximate surface area is 210 Å². The number of β-amino-alcohol motifs (C(OH)–C–C–N with tert-alkyl or cyclic N) is 1. The zero-order valence-electron chi connectivity index (χ0n) is 20.5. The van der Waals surface area contributed by atoms with Crippen molar-refractivity contribution in [3.63, 3.8) is 0 Å². The molecule has 9 heteroatoms. The van der Waals surface area contributed by atoms with Crippen LogP contribution in [0.5, 0.6) is 5.75 Å². The van der Waals surface area contributed by atoms with E-state index in [0.29, 0.717) is 49.6 Å². The van der Waals surface area contributed by atoms with Crippen LogP contribution in [0.3, 0.4) is 0 Å². The SMILES string of the molecule is COCCOC1CC2(C1)Oc1ccc(C(=O)NC[C@H](O)CN3CCc4ccccc4C3)cc1NC2=O. The summed E-state index contributed by atoms with van der Waals surface area (Å²) in [6.07, 6.45) is 1.19. The zero-order valence-corrected chi connectivity index (χ0v) is 20.5. The largest absolute Gasteiger partial charge is 0.475 e. The van der Waals surface area contributed by atoms with Gasteiger partial charge in [-0.2, -0.15) is 0 Å². The van der Waals surface area contributed by atoms with Crippen LogP contribution in [-0.4, -0.2) is 79.6 Å². The van der Waals surface area contributed by atoms with Gasteiger partial charge in [0.25, 0.3) is 11.8 Å². The molecule has 3 N–H and O–H groups in total. The van der Waals surface area contributed by atoms with Crippen molar-refractivity contribution < 1.29 is 28.9 Å². The van der Waals surface area contributed by atoms with Gasteiger partial charge in [0.1, 0.15) is 5.75 Å². The molecule has 5 rings (SSSR count). The van der Waals surface area contributed by atoms with E-state index in [-0.39, 0.29) is 24.5 Å². The smallest absolute Gasteiger partial charge is 0.268 e. The lowest BCUT2D eigenvalue weighted by atomic mass is 9.75. The Morgan fingerprint density at radius 1 is 1.25 bits per heavy atom. The number of methoxy groups -OCH3 is 1. The Morgan fingerprint density at radius 3 is 2.86 bits per heavy atom. The van der Waals surface area contributed by atoms with Crippen LogP contribution < -0.4 is 15.4 Å². The number of hydrogen-bond donors (Lipinski definition) is 3. The summed E-state index contributed by atoms with van der Waals surface area (Å²) in [6.45, 7) is 3.30. The molecule has 1 spiro atoms. The van der Waals surface area contributed by atoms with Crippen molar-refractivity contribution >= 4 is 17.5 Å². The summed E-state index contributed by atoms with van der Waals surface area (Å²) < 4.78 is 16.7. The lowest BCUT2D eigenvalue weighted by molar-refractivity contribution is -0.161. The predicted molar refractivity (Wildman–Crippen MR) is 133 cm³/mol. The molecule has 36 heavy (non-hydrogen) atoms. The van der Waals surface area contributed by atoms with Gasteiger partial charge in [-0.3, -0.25) is 14.5 Å². The predicted octanol–water partition coefficient (Wildman–Crippen LogP) is 1.73. The molecule has 3 aliphatic rings. The maximum Gasteiger partial charge on any atom is 0.268 e. The van der Waals surface area contributed by atoms with Gasteiger partial charge in [0.15, 0.2) is 5.60 Å². The zero-order chi connectivity index (χ0) is 25.1. The molecule has 0 unspecified atom stereocenters. The van der Waals surface area contributed by atoms with E-state index in [1.807, 2.05) is 6.07 Å². The number of nitrogens with one attached hydrogen (secondary N) is 2. The molecular weight excluding hydrogens is 462 g/mol. The van der Waals surface area contributed by atoms with E-state index < -0.39 is 11.7 Å². The second-order valence-electron chi connectivity index (χ2n) is 9.77. The fourth-order valence-electron chi connectivity index (χ4n) is 5.10. The third-order valence-corrected chi connectivity index (χ3v) is 7.14. The van der Waals surface area contributed by atoms with Crippen molar-refractivity contribution in [2.75, 3.05) is 45.3 Å². The van der Waals surface area contributed by atoms with Gasteiger partial charge in [0, 0.05) is 51.7 Å². The van der Waals surface area contributed by atoms with Crippen molar-refractivity contribution in [1.82, 2.24) is 10.2 Å². The maximum atomic E-state index is 12.7. The third-order valence-electron chi connectivity index (χ3n) is 7.14. The summed E-state index contributed by atoms with van der Waals surface area (Å²) in [7, 11) is 1.62. The van der Waals surface area contributed by atoms with E-state index >= 15 is 0 Å². The van der Waals surface area contributed by atoms with Gasteiger partial charge < -0.3 is 30.0 Å². The number of amides is 2. The minimum Gasteiger partial charge on any atom is -0.475 e. The molecule has 2 heterocycles. The number of anilines is 1. The van der Waals surface area contributed by atoms with E-state index in [4.69, 9.17) is 14.2 Å². The number of rotatable bonds is 9. The molecule has 0 bridgehead atoms. The van der Waals surface area contributed by atoms with E-state index in [9.17, 15) is 14.7 Å². The summed E-state index contributed by atoms with van der Waals surface area (Å²) in [4.78, 5) is 27.7. The summed E-state index contributed by atoms with van der Waals surface area (Å²) in [5.74, 6) is -0.00444. The molecule has 1 aliphatic carbocycles. The topological polar surface area (TPSA) is 109 Å². The Balaban J connectivity index is 1.11. The van der Waals surface area contributed by atoms with Crippen LogP contribution in [0.25, 0.3) is 0 Å². The quantitative estimate of drug-likeness (QED) is 0.455. The number of aliphatic hydroxyl groups is 1. The van der Waals surface area contributed by atoms with Gasteiger partial charge in [-0.05, 0) is 35.7 Å². The molecular formula is C27H33N3O6. The van der Waals surface area contributed by atoms with E-state index in [2.05, 4.69) is 33.7 Å². The molecule has 0 saturated heterocycles. The minimum atomic E-state index is -0.923. The van der Waals surface area contributed by atoms with Gasteiger partial charge in [-0.25, -0.2) is 0 Å². The monoisotopic (exact) mass is 495 g/mol. The first-order chi connectivity index (χ1) is 17.5. The number of carbonyl (C=O) groups is 2. The molecule has 0 radical (unpaired) electrons. The molecule has 1 atom stereocenters. The third kappa shape index (κ3) is 5.24. The molecule has 2 amide bonds. The number of ether oxygens (including phenoxy) is 3. The van der Waals surface area contributed by atoms with Gasteiger partial charge in [-0.1, -0.05) is 24.3 Å². The van der Waals surface area contributed by atoms with E-state index in [1.54, 1.807) is 25.3 Å². The molecule has 2 aromatic rings. The summed E-state index contributed by atoms with van der Waals surface area (Å²) in [5, 5.41) is 16.2. The summed E-state index contributed by atoms with van der Waals surface area (Å²) in [6, 6.07) is 13.3.